The molecule has 1 heterocycles. The van der Waals surface area contributed by atoms with Crippen LogP contribution in [0.1, 0.15) is 42.0 Å². The molecule has 1 saturated carbocycles. The Morgan fingerprint density at radius 3 is 2.78 bits per heavy atom. The van der Waals surface area contributed by atoms with Gasteiger partial charge in [0.05, 0.1) is 19.8 Å². The van der Waals surface area contributed by atoms with Gasteiger partial charge in [0.25, 0.3) is 0 Å². The number of rotatable bonds is 7. The standard InChI is InChI=1S/C15H23NO3S2.C2H6.H2/c1-3-4-5-6-16-14(17)10-18-7-8-19-15-13-9-12(13)11(2)20-21-15;1-2;/h11-13,15H,3,6-10H2,1-2H3,(H,16,17);1-2H3;1H. The molecule has 1 amide bonds. The molecule has 6 heteroatoms. The minimum absolute atomic E-state index is 0. The normalized spacial score (nSPS) is 27.7. The van der Waals surface area contributed by atoms with Crippen LogP contribution in [0.15, 0.2) is 0 Å². The van der Waals surface area contributed by atoms with E-state index in [1.165, 1.54) is 6.42 Å². The minimum Gasteiger partial charge on any atom is -0.369 e. The lowest BCUT2D eigenvalue weighted by Crippen LogP contribution is -2.28. The molecule has 0 bridgehead atoms. The second-order valence-electron chi connectivity index (χ2n) is 5.24. The van der Waals surface area contributed by atoms with Crippen molar-refractivity contribution in [2.75, 3.05) is 26.4 Å². The van der Waals surface area contributed by atoms with Crippen LogP contribution in [0.3, 0.4) is 0 Å². The molecule has 2 rings (SSSR count). The first-order chi connectivity index (χ1) is 11.2. The van der Waals surface area contributed by atoms with E-state index in [4.69, 9.17) is 9.47 Å². The monoisotopic (exact) mass is 361 g/mol. The van der Waals surface area contributed by atoms with Crippen molar-refractivity contribution in [3.05, 3.63) is 0 Å². The first kappa shape index (κ1) is 20.7. The molecule has 1 aliphatic heterocycles. The molecule has 1 N–H and O–H groups in total. The van der Waals surface area contributed by atoms with E-state index in [-0.39, 0.29) is 13.9 Å². The van der Waals surface area contributed by atoms with Crippen LogP contribution in [0.5, 0.6) is 0 Å². The number of fused-ring (bicyclic) bond motifs is 1. The van der Waals surface area contributed by atoms with E-state index < -0.39 is 0 Å². The molecule has 0 aromatic rings. The predicted octanol–water partition coefficient (Wildman–Crippen LogP) is 3.57. The largest absolute Gasteiger partial charge is 0.369 e. The molecule has 23 heavy (non-hydrogen) atoms. The lowest BCUT2D eigenvalue weighted by atomic mass is 10.2. The summed E-state index contributed by atoms with van der Waals surface area (Å²) in [4.78, 5) is 11.4. The van der Waals surface area contributed by atoms with E-state index in [1.54, 1.807) is 0 Å². The number of ether oxygens (including phenoxy) is 2. The van der Waals surface area contributed by atoms with Crippen molar-refractivity contribution >= 4 is 27.5 Å². The Kier molecular flexibility index (Phi) is 10.9. The van der Waals surface area contributed by atoms with Crippen LogP contribution >= 0.6 is 21.6 Å². The molecule has 0 aromatic carbocycles. The van der Waals surface area contributed by atoms with E-state index >= 15 is 0 Å². The second-order valence-corrected chi connectivity index (χ2v) is 7.98. The maximum Gasteiger partial charge on any atom is 0.246 e. The van der Waals surface area contributed by atoms with Gasteiger partial charge in [0.2, 0.25) is 5.91 Å². The Balaban J connectivity index is 0.00000170. The molecule has 1 aliphatic carbocycles. The molecule has 2 aliphatic rings. The van der Waals surface area contributed by atoms with Crippen LogP contribution in [0, 0.1) is 23.7 Å². The molecule has 4 nitrogen and oxygen atoms in total. The fourth-order valence-corrected chi connectivity index (χ4v) is 5.52. The third-order valence-electron chi connectivity index (χ3n) is 3.56. The zero-order chi connectivity index (χ0) is 17.1. The number of nitrogens with one attached hydrogen (secondary N) is 1. The number of carbonyl (C=O) groups is 1. The summed E-state index contributed by atoms with van der Waals surface area (Å²) in [5.74, 6) is 7.20. The molecule has 0 aromatic heterocycles. The van der Waals surface area contributed by atoms with Crippen LogP contribution in [-0.2, 0) is 14.3 Å². The smallest absolute Gasteiger partial charge is 0.246 e. The highest BCUT2D eigenvalue weighted by atomic mass is 33.1. The molecule has 0 radical (unpaired) electrons. The van der Waals surface area contributed by atoms with Crippen molar-refractivity contribution in [2.45, 2.75) is 51.2 Å². The second kappa shape index (κ2) is 12.1. The number of carbonyl (C=O) groups excluding carboxylic acids is 1. The highest BCUT2D eigenvalue weighted by Gasteiger charge is 2.50. The summed E-state index contributed by atoms with van der Waals surface area (Å²) in [5.41, 5.74) is 0.304. The van der Waals surface area contributed by atoms with Gasteiger partial charge in [0.15, 0.2) is 0 Å². The first-order valence-electron chi connectivity index (χ1n) is 8.46. The van der Waals surface area contributed by atoms with E-state index in [0.29, 0.717) is 25.2 Å². The van der Waals surface area contributed by atoms with E-state index in [9.17, 15) is 4.79 Å². The fraction of sp³-hybridized carbons (Fsp3) is 0.824. The maximum atomic E-state index is 11.4. The molecular formula is C17H31NO3S2. The first-order valence-corrected chi connectivity index (χ1v) is 10.7. The van der Waals surface area contributed by atoms with Crippen LogP contribution < -0.4 is 5.32 Å². The fourth-order valence-electron chi connectivity index (χ4n) is 2.29. The van der Waals surface area contributed by atoms with Gasteiger partial charge in [0.1, 0.15) is 12.0 Å². The number of hydrogen-bond acceptors (Lipinski definition) is 5. The molecule has 4 atom stereocenters. The van der Waals surface area contributed by atoms with E-state index in [1.807, 2.05) is 42.4 Å². The summed E-state index contributed by atoms with van der Waals surface area (Å²) in [6.45, 7) is 9.76. The lowest BCUT2D eigenvalue weighted by Gasteiger charge is -2.24. The van der Waals surface area contributed by atoms with Gasteiger partial charge in [-0.05, 0) is 18.3 Å². The summed E-state index contributed by atoms with van der Waals surface area (Å²) in [6, 6.07) is 0. The quantitative estimate of drug-likeness (QED) is 0.427. The van der Waals surface area contributed by atoms with Gasteiger partial charge in [-0.1, -0.05) is 55.2 Å². The Labute approximate surface area is 150 Å². The van der Waals surface area contributed by atoms with Gasteiger partial charge in [-0.3, -0.25) is 4.79 Å². The zero-order valence-corrected chi connectivity index (χ0v) is 16.2. The average molecular weight is 362 g/mol. The van der Waals surface area contributed by atoms with Crippen molar-refractivity contribution in [2.24, 2.45) is 11.8 Å². The SMILES string of the molecule is CC.CCC#CCNC(=O)COCCOC1SSC(C)C2CC12.[HH]. The zero-order valence-electron chi connectivity index (χ0n) is 14.6. The lowest BCUT2D eigenvalue weighted by molar-refractivity contribution is -0.126. The van der Waals surface area contributed by atoms with Gasteiger partial charge >= 0.3 is 0 Å². The summed E-state index contributed by atoms with van der Waals surface area (Å²) in [7, 11) is 3.78. The van der Waals surface area contributed by atoms with Gasteiger partial charge in [0, 0.05) is 13.1 Å². The summed E-state index contributed by atoms with van der Waals surface area (Å²) in [6.07, 6.45) is 2.11. The van der Waals surface area contributed by atoms with Crippen molar-refractivity contribution < 1.29 is 15.7 Å². The van der Waals surface area contributed by atoms with E-state index in [2.05, 4.69) is 24.1 Å². The Morgan fingerprint density at radius 2 is 2.04 bits per heavy atom. The van der Waals surface area contributed by atoms with Gasteiger partial charge in [-0.15, -0.1) is 5.92 Å². The van der Waals surface area contributed by atoms with Crippen LogP contribution in [0.2, 0.25) is 0 Å². The molecular weight excluding hydrogens is 330 g/mol. The number of hydrogen-bond donors (Lipinski definition) is 1. The predicted molar refractivity (Wildman–Crippen MR) is 101 cm³/mol. The van der Waals surface area contributed by atoms with Gasteiger partial charge in [-0.25, -0.2) is 0 Å². The molecule has 0 spiro atoms. The minimum atomic E-state index is -0.126. The van der Waals surface area contributed by atoms with Crippen LogP contribution in [0.4, 0.5) is 0 Å². The van der Waals surface area contributed by atoms with Gasteiger partial charge < -0.3 is 14.8 Å². The van der Waals surface area contributed by atoms with Crippen molar-refractivity contribution in [1.29, 1.82) is 0 Å². The number of amides is 1. The molecule has 1 saturated heterocycles. The third-order valence-corrected chi connectivity index (χ3v) is 6.82. The highest BCUT2D eigenvalue weighted by molar-refractivity contribution is 8.77. The van der Waals surface area contributed by atoms with Crippen molar-refractivity contribution in [3.63, 3.8) is 0 Å². The molecule has 2 fully saturated rings. The summed E-state index contributed by atoms with van der Waals surface area (Å²) >= 11 is 0. The van der Waals surface area contributed by atoms with Crippen molar-refractivity contribution in [1.82, 2.24) is 5.32 Å². The van der Waals surface area contributed by atoms with Crippen LogP contribution in [0.25, 0.3) is 0 Å². The Bertz CT molecular complexity index is 414. The van der Waals surface area contributed by atoms with Crippen LogP contribution in [-0.4, -0.2) is 43.0 Å². The van der Waals surface area contributed by atoms with Gasteiger partial charge in [-0.2, -0.15) is 0 Å². The molecule has 4 unspecified atom stereocenters. The molecule has 134 valence electrons. The Morgan fingerprint density at radius 1 is 1.26 bits per heavy atom. The van der Waals surface area contributed by atoms with Crippen molar-refractivity contribution in [3.8, 4) is 11.8 Å². The topological polar surface area (TPSA) is 47.6 Å². The Hall–Kier alpha value is -0.350. The van der Waals surface area contributed by atoms with E-state index in [0.717, 1.165) is 23.5 Å². The average Bonchev–Trinajstić information content (AvgIpc) is 3.37. The summed E-state index contributed by atoms with van der Waals surface area (Å²) < 4.78 is 11.2. The maximum absolute atomic E-state index is 11.4. The highest BCUT2D eigenvalue weighted by Crippen LogP contribution is 2.59. The third kappa shape index (κ3) is 7.84. The summed E-state index contributed by atoms with van der Waals surface area (Å²) in [5, 5.41) is 3.45.